The lowest BCUT2D eigenvalue weighted by molar-refractivity contribution is 0.359. The first-order valence-corrected chi connectivity index (χ1v) is 4.77. The second-order valence-electron chi connectivity index (χ2n) is 1.13. The molecule has 0 spiro atoms. The summed E-state index contributed by atoms with van der Waals surface area (Å²) < 4.78 is 15.2. The smallest absolute Gasteiger partial charge is 0.145 e. The van der Waals surface area contributed by atoms with Gasteiger partial charge in [-0.1, -0.05) is 6.92 Å². The van der Waals surface area contributed by atoms with Gasteiger partial charge in [0.2, 0.25) is 0 Å². The Morgan fingerprint density at radius 2 is 2.38 bits per heavy atom. The normalized spacial score (nSPS) is 17.8. The van der Waals surface area contributed by atoms with E-state index in [4.69, 9.17) is 5.73 Å². The number of hydrogen-bond donors (Lipinski definition) is 1. The summed E-state index contributed by atoms with van der Waals surface area (Å²) in [6.07, 6.45) is 0. The molecule has 0 heterocycles. The molecule has 0 aliphatic heterocycles. The summed E-state index contributed by atoms with van der Waals surface area (Å²) in [5.74, 6) is 0.347. The Hall–Kier alpha value is 0.290. The Kier molecular flexibility index (Phi) is 3.46. The Morgan fingerprint density at radius 3 is 2.50 bits per heavy atom. The molecule has 8 heavy (non-hydrogen) atoms. The summed E-state index contributed by atoms with van der Waals surface area (Å²) in [6.45, 7) is 1.64. The van der Waals surface area contributed by atoms with Crippen LogP contribution in [0, 0.1) is 0 Å². The maximum atomic E-state index is 10.7. The van der Waals surface area contributed by atoms with Crippen LogP contribution in [-0.2, 0) is 24.1 Å². The standard InChI is InChI=1S/C3H9NO2S2/c1-2-8(5,7)6-3-4/h2-4H2,1H3. The molecule has 0 aromatic carbocycles. The largest absolute Gasteiger partial charge is 0.308 e. The fraction of sp³-hybridized carbons (Fsp3) is 1.00. The first kappa shape index (κ1) is 8.29. The highest BCUT2D eigenvalue weighted by Crippen LogP contribution is 1.88. The molecule has 0 bridgehead atoms. The van der Waals surface area contributed by atoms with Gasteiger partial charge in [-0.3, -0.25) is 4.18 Å². The van der Waals surface area contributed by atoms with E-state index >= 15 is 0 Å². The van der Waals surface area contributed by atoms with Crippen LogP contribution in [0.1, 0.15) is 6.92 Å². The lowest BCUT2D eigenvalue weighted by Crippen LogP contribution is -2.12. The van der Waals surface area contributed by atoms with Crippen molar-refractivity contribution in [2.24, 2.45) is 5.73 Å². The zero-order valence-electron chi connectivity index (χ0n) is 4.62. The Bertz CT molecular complexity index is 139. The molecule has 0 saturated carbocycles. The molecule has 2 N–H and O–H groups in total. The molecule has 50 valence electrons. The number of rotatable bonds is 3. The van der Waals surface area contributed by atoms with Crippen LogP contribution in [0.4, 0.5) is 0 Å². The van der Waals surface area contributed by atoms with Crippen molar-refractivity contribution in [2.75, 3.05) is 12.5 Å². The van der Waals surface area contributed by atoms with Gasteiger partial charge in [-0.2, -0.15) is 0 Å². The molecule has 0 aliphatic carbocycles. The molecular formula is C3H9NO2S2. The maximum Gasteiger partial charge on any atom is 0.145 e. The summed E-state index contributed by atoms with van der Waals surface area (Å²) in [7, 11) is -2.46. The van der Waals surface area contributed by atoms with Crippen molar-refractivity contribution in [3.8, 4) is 0 Å². The highest BCUT2D eigenvalue weighted by Gasteiger charge is 1.98. The summed E-state index contributed by atoms with van der Waals surface area (Å²) >= 11 is 4.47. The topological polar surface area (TPSA) is 52.3 Å². The molecule has 0 rings (SSSR count). The first-order chi connectivity index (χ1) is 3.62. The van der Waals surface area contributed by atoms with Crippen LogP contribution >= 0.6 is 0 Å². The van der Waals surface area contributed by atoms with Crippen LogP contribution in [0.25, 0.3) is 0 Å². The van der Waals surface area contributed by atoms with Crippen LogP contribution in [0.15, 0.2) is 0 Å². The van der Waals surface area contributed by atoms with Crippen molar-refractivity contribution in [3.63, 3.8) is 0 Å². The van der Waals surface area contributed by atoms with E-state index in [1.165, 1.54) is 0 Å². The van der Waals surface area contributed by atoms with Gasteiger partial charge in [-0.05, 0) is 0 Å². The minimum atomic E-state index is -2.46. The van der Waals surface area contributed by atoms with Gasteiger partial charge in [0.15, 0.2) is 0 Å². The minimum absolute atomic E-state index is 0.0594. The number of hydrogen-bond acceptors (Lipinski definition) is 4. The average molecular weight is 155 g/mol. The fourth-order valence-electron chi connectivity index (χ4n) is 0.187. The molecule has 0 aromatic rings. The van der Waals surface area contributed by atoms with Crippen LogP contribution in [-0.4, -0.2) is 16.7 Å². The molecule has 1 atom stereocenters. The molecule has 3 nitrogen and oxygen atoms in total. The van der Waals surface area contributed by atoms with Crippen molar-refractivity contribution in [3.05, 3.63) is 0 Å². The molecule has 0 fully saturated rings. The van der Waals surface area contributed by atoms with Gasteiger partial charge < -0.3 is 5.73 Å². The Morgan fingerprint density at radius 1 is 1.88 bits per heavy atom. The Labute approximate surface area is 54.1 Å². The van der Waals surface area contributed by atoms with Crippen molar-refractivity contribution in [2.45, 2.75) is 6.92 Å². The molecule has 0 saturated heterocycles. The average Bonchev–Trinajstić information content (AvgIpc) is 1.67. The van der Waals surface area contributed by atoms with E-state index in [1.54, 1.807) is 6.92 Å². The predicted octanol–water partition coefficient (Wildman–Crippen LogP) is -0.400. The third kappa shape index (κ3) is 3.31. The van der Waals surface area contributed by atoms with Gasteiger partial charge >= 0.3 is 0 Å². The predicted molar refractivity (Wildman–Crippen MR) is 36.2 cm³/mol. The number of nitrogens with two attached hydrogens (primary N) is 1. The SMILES string of the molecule is CCS(=O)(=S)OCN. The van der Waals surface area contributed by atoms with Gasteiger partial charge in [0.25, 0.3) is 0 Å². The highest BCUT2D eigenvalue weighted by molar-refractivity contribution is 8.30. The fourth-order valence-corrected chi connectivity index (χ4v) is 0.728. The van der Waals surface area contributed by atoms with Crippen molar-refractivity contribution >= 4 is 20.0 Å². The van der Waals surface area contributed by atoms with Crippen LogP contribution in [0.5, 0.6) is 0 Å². The summed E-state index contributed by atoms with van der Waals surface area (Å²) in [5.41, 5.74) is 4.92. The molecule has 0 radical (unpaired) electrons. The monoisotopic (exact) mass is 155 g/mol. The van der Waals surface area contributed by atoms with E-state index in [0.717, 1.165) is 0 Å². The first-order valence-electron chi connectivity index (χ1n) is 2.19. The molecule has 5 heteroatoms. The maximum absolute atomic E-state index is 10.7. The lowest BCUT2D eigenvalue weighted by atomic mass is 11.0. The highest BCUT2D eigenvalue weighted by atomic mass is 32.8. The van der Waals surface area contributed by atoms with Crippen molar-refractivity contribution < 1.29 is 8.39 Å². The third-order valence-corrected chi connectivity index (χ3v) is 2.80. The Balaban J connectivity index is 3.76. The zero-order valence-corrected chi connectivity index (χ0v) is 6.26. The summed E-state index contributed by atoms with van der Waals surface area (Å²) in [6, 6.07) is 0. The molecule has 1 unspecified atom stereocenters. The van der Waals surface area contributed by atoms with Crippen molar-refractivity contribution in [1.82, 2.24) is 0 Å². The molecule has 0 aromatic heterocycles. The van der Waals surface area contributed by atoms with E-state index in [1.807, 2.05) is 0 Å². The van der Waals surface area contributed by atoms with E-state index in [2.05, 4.69) is 15.4 Å². The van der Waals surface area contributed by atoms with E-state index in [-0.39, 0.29) is 6.73 Å². The van der Waals surface area contributed by atoms with E-state index < -0.39 is 8.77 Å². The second kappa shape index (κ2) is 3.34. The molecule has 0 amide bonds. The van der Waals surface area contributed by atoms with Gasteiger partial charge in [0.05, 0.1) is 0 Å². The third-order valence-electron chi connectivity index (χ3n) is 0.601. The lowest BCUT2D eigenvalue weighted by Gasteiger charge is -1.99. The minimum Gasteiger partial charge on any atom is -0.308 e. The van der Waals surface area contributed by atoms with Gasteiger partial charge in [0, 0.05) is 16.9 Å². The van der Waals surface area contributed by atoms with Crippen LogP contribution in [0.2, 0.25) is 0 Å². The summed E-state index contributed by atoms with van der Waals surface area (Å²) in [5, 5.41) is 0. The van der Waals surface area contributed by atoms with Crippen molar-refractivity contribution in [1.29, 1.82) is 0 Å². The van der Waals surface area contributed by atoms with Gasteiger partial charge in [-0.15, -0.1) is 0 Å². The van der Waals surface area contributed by atoms with Crippen LogP contribution < -0.4 is 5.73 Å². The van der Waals surface area contributed by atoms with E-state index in [9.17, 15) is 4.21 Å². The second-order valence-corrected chi connectivity index (χ2v) is 4.58. The van der Waals surface area contributed by atoms with Gasteiger partial charge in [0.1, 0.15) is 15.5 Å². The molecular weight excluding hydrogens is 146 g/mol. The van der Waals surface area contributed by atoms with E-state index in [0.29, 0.717) is 5.75 Å². The summed E-state index contributed by atoms with van der Waals surface area (Å²) in [4.78, 5) is 0. The molecule has 0 aliphatic rings. The van der Waals surface area contributed by atoms with Crippen LogP contribution in [0.3, 0.4) is 0 Å². The quantitative estimate of drug-likeness (QED) is 0.563. The zero-order chi connectivity index (χ0) is 6.62. The van der Waals surface area contributed by atoms with Gasteiger partial charge in [-0.25, -0.2) is 4.21 Å².